The third kappa shape index (κ3) is 5.86. The number of halogens is 1. The van der Waals surface area contributed by atoms with E-state index in [0.717, 1.165) is 35.6 Å². The third-order valence-electron chi connectivity index (χ3n) is 6.61. The van der Waals surface area contributed by atoms with Crippen molar-refractivity contribution in [1.29, 1.82) is 0 Å². The first kappa shape index (κ1) is 27.4. The van der Waals surface area contributed by atoms with Gasteiger partial charge in [0.05, 0.1) is 15.9 Å². The third-order valence-corrected chi connectivity index (χ3v) is 8.44. The number of anilines is 5. The van der Waals surface area contributed by atoms with E-state index in [-0.39, 0.29) is 4.90 Å². The largest absolute Gasteiger partial charge is 0.355 e. The van der Waals surface area contributed by atoms with E-state index in [0.29, 0.717) is 23.0 Å². The summed E-state index contributed by atoms with van der Waals surface area (Å²) in [6.45, 7) is 2.47. The van der Waals surface area contributed by atoms with Crippen LogP contribution in [0.25, 0.3) is 11.0 Å². The van der Waals surface area contributed by atoms with Crippen molar-refractivity contribution in [2.75, 3.05) is 29.1 Å². The topological polar surface area (TPSA) is 117 Å². The van der Waals surface area contributed by atoms with Gasteiger partial charge in [-0.25, -0.2) is 18.4 Å². The summed E-state index contributed by atoms with van der Waals surface area (Å²) < 4.78 is 28.4. The number of hydrogen-bond donors (Lipinski definition) is 3. The summed E-state index contributed by atoms with van der Waals surface area (Å²) in [7, 11) is 0.0869. The number of imidazole rings is 1. The Kier molecular flexibility index (Phi) is 7.88. The number of aryl methyl sites for hydroxylation is 2. The number of aromatic nitrogens is 4. The molecule has 40 heavy (non-hydrogen) atoms. The fourth-order valence-electron chi connectivity index (χ4n) is 4.38. The van der Waals surface area contributed by atoms with Crippen molar-refractivity contribution in [2.45, 2.75) is 18.2 Å². The molecule has 3 N–H and O–H groups in total. The van der Waals surface area contributed by atoms with Crippen LogP contribution in [0.1, 0.15) is 11.1 Å². The van der Waals surface area contributed by atoms with Crippen molar-refractivity contribution < 1.29 is 8.42 Å². The van der Waals surface area contributed by atoms with Crippen molar-refractivity contribution in [3.8, 4) is 0 Å². The molecule has 0 aliphatic rings. The van der Waals surface area contributed by atoms with Gasteiger partial charge in [-0.15, -0.1) is 4.24 Å². The molecular weight excluding hydrogens is 548 g/mol. The molecule has 0 radical (unpaired) electrons. The smallest absolute Gasteiger partial charge is 0.254 e. The highest BCUT2D eigenvalue weighted by Gasteiger charge is 2.17. The van der Waals surface area contributed by atoms with E-state index in [4.69, 9.17) is 16.8 Å². The Morgan fingerprint density at radius 3 is 2.58 bits per heavy atom. The van der Waals surface area contributed by atoms with Crippen LogP contribution >= 0.6 is 11.8 Å². The highest BCUT2D eigenvalue weighted by molar-refractivity contribution is 7.90. The van der Waals surface area contributed by atoms with Gasteiger partial charge in [-0.3, -0.25) is 0 Å². The van der Waals surface area contributed by atoms with Crippen LogP contribution in [0.2, 0.25) is 0 Å². The van der Waals surface area contributed by atoms with E-state index in [1.807, 2.05) is 64.2 Å². The molecule has 0 amide bonds. The average Bonchev–Trinajstić information content (AvgIpc) is 3.28. The minimum Gasteiger partial charge on any atom is -0.355 e. The second-order valence-corrected chi connectivity index (χ2v) is 11.4. The van der Waals surface area contributed by atoms with Crippen molar-refractivity contribution in [3.05, 3.63) is 90.1 Å². The van der Waals surface area contributed by atoms with E-state index < -0.39 is 10.0 Å². The zero-order valence-corrected chi connectivity index (χ0v) is 23.8. The zero-order valence-electron chi connectivity index (χ0n) is 22.3. The van der Waals surface area contributed by atoms with Gasteiger partial charge in [0.1, 0.15) is 5.82 Å². The summed E-state index contributed by atoms with van der Waals surface area (Å²) >= 11 is 5.42. The minimum atomic E-state index is -3.82. The maximum atomic E-state index is 12.2. The van der Waals surface area contributed by atoms with Crippen LogP contribution in [0, 0.1) is 6.92 Å². The van der Waals surface area contributed by atoms with Gasteiger partial charge in [0.15, 0.2) is 0 Å². The van der Waals surface area contributed by atoms with Crippen molar-refractivity contribution in [1.82, 2.24) is 23.8 Å². The molecule has 5 aromatic rings. The summed E-state index contributed by atoms with van der Waals surface area (Å²) in [5.41, 5.74) is 5.13. The Morgan fingerprint density at radius 2 is 1.80 bits per heavy atom. The summed E-state index contributed by atoms with van der Waals surface area (Å²) in [6.07, 6.45) is 2.55. The lowest BCUT2D eigenvalue weighted by molar-refractivity contribution is 0.593. The molecule has 0 atom stereocenters. The zero-order chi connectivity index (χ0) is 28.3. The molecule has 0 bridgehead atoms. The average molecular weight is 577 g/mol. The number of nitrogens with one attached hydrogen (secondary N) is 3. The van der Waals surface area contributed by atoms with Crippen LogP contribution in [0.3, 0.4) is 0 Å². The molecule has 0 aliphatic carbocycles. The highest BCUT2D eigenvalue weighted by Crippen LogP contribution is 2.28. The van der Waals surface area contributed by atoms with Crippen LogP contribution in [0.4, 0.5) is 29.1 Å². The number of hydrogen-bond acceptors (Lipinski definition) is 8. The second kappa shape index (κ2) is 11.5. The lowest BCUT2D eigenvalue weighted by Crippen LogP contribution is -2.15. The van der Waals surface area contributed by atoms with E-state index in [2.05, 4.69) is 32.7 Å². The van der Waals surface area contributed by atoms with Crippen LogP contribution in [0.15, 0.2) is 83.9 Å². The van der Waals surface area contributed by atoms with Crippen molar-refractivity contribution in [3.63, 3.8) is 0 Å². The van der Waals surface area contributed by atoms with E-state index in [9.17, 15) is 8.42 Å². The Hall–Kier alpha value is -4.19. The quantitative estimate of drug-likeness (QED) is 0.193. The van der Waals surface area contributed by atoms with Crippen LogP contribution in [-0.2, 0) is 23.5 Å². The molecule has 0 spiro atoms. The van der Waals surface area contributed by atoms with Gasteiger partial charge >= 0.3 is 0 Å². The molecule has 0 aliphatic heterocycles. The molecular formula is C28H29ClN8O2S. The van der Waals surface area contributed by atoms with Gasteiger partial charge < -0.3 is 20.1 Å². The van der Waals surface area contributed by atoms with Gasteiger partial charge in [-0.05, 0) is 72.6 Å². The maximum absolute atomic E-state index is 12.2. The molecule has 0 fully saturated rings. The fourth-order valence-corrected chi connectivity index (χ4v) is 5.49. The second-order valence-electron chi connectivity index (χ2n) is 9.31. The normalized spacial score (nSPS) is 11.5. The van der Waals surface area contributed by atoms with E-state index in [1.165, 1.54) is 11.6 Å². The predicted octanol–water partition coefficient (Wildman–Crippen LogP) is 5.27. The Balaban J connectivity index is 1.33. The van der Waals surface area contributed by atoms with E-state index in [1.54, 1.807) is 31.3 Å². The molecule has 3 aromatic carbocycles. The number of benzene rings is 3. The van der Waals surface area contributed by atoms with Crippen molar-refractivity contribution in [2.24, 2.45) is 7.05 Å². The Labute approximate surface area is 238 Å². The monoisotopic (exact) mass is 576 g/mol. The molecule has 0 saturated carbocycles. The fraction of sp³-hybridized carbons (Fsp3) is 0.179. The first-order chi connectivity index (χ1) is 19.2. The predicted molar refractivity (Wildman–Crippen MR) is 160 cm³/mol. The van der Waals surface area contributed by atoms with E-state index >= 15 is 0 Å². The van der Waals surface area contributed by atoms with Gasteiger partial charge in [0.2, 0.25) is 11.9 Å². The first-order valence-electron chi connectivity index (χ1n) is 12.6. The maximum Gasteiger partial charge on any atom is 0.254 e. The number of rotatable bonds is 10. The SMILES string of the molecule is Cc1ccc(Nc2nccc(N(C)c3ccc4c(c3)nc(NCCc3ccccc3)n4C)n2)cc1S(=O)(=O)NCl. The first-order valence-corrected chi connectivity index (χ1v) is 14.4. The summed E-state index contributed by atoms with van der Waals surface area (Å²) in [6, 6.07) is 23.1. The van der Waals surface area contributed by atoms with Gasteiger partial charge in [-0.2, -0.15) is 4.98 Å². The molecule has 5 rings (SSSR count). The molecule has 206 valence electrons. The summed E-state index contributed by atoms with van der Waals surface area (Å²) in [5.74, 6) is 1.78. The molecule has 12 heteroatoms. The summed E-state index contributed by atoms with van der Waals surface area (Å²) in [4.78, 5) is 15.7. The van der Waals surface area contributed by atoms with Crippen LogP contribution in [-0.4, -0.2) is 41.5 Å². The Bertz CT molecular complexity index is 1760. The van der Waals surface area contributed by atoms with Crippen molar-refractivity contribution >= 4 is 61.9 Å². The van der Waals surface area contributed by atoms with Gasteiger partial charge in [0, 0.05) is 38.2 Å². The highest BCUT2D eigenvalue weighted by atomic mass is 35.5. The standard InChI is InChI=1S/C28H29ClN8O2S/c1-19-9-10-21(17-25(19)40(38,39)35-29)32-27-30-16-14-26(34-27)36(2)22-11-12-24-23(18-22)33-28(37(24)3)31-15-13-20-7-5-4-6-8-20/h4-12,14,16-18,35H,13,15H2,1-3H3,(H,31,33)(H,30,32,34). The molecule has 2 heterocycles. The number of nitrogens with zero attached hydrogens (tertiary/aromatic N) is 5. The molecule has 0 unspecified atom stereocenters. The minimum absolute atomic E-state index is 0.0679. The molecule has 0 saturated heterocycles. The van der Waals surface area contributed by atoms with Gasteiger partial charge in [0.25, 0.3) is 10.0 Å². The van der Waals surface area contributed by atoms with Gasteiger partial charge in [-0.1, -0.05) is 36.4 Å². The lowest BCUT2D eigenvalue weighted by atomic mass is 10.1. The Morgan fingerprint density at radius 1 is 1.00 bits per heavy atom. The lowest BCUT2D eigenvalue weighted by Gasteiger charge is -2.19. The number of fused-ring (bicyclic) bond motifs is 1. The molecule has 2 aromatic heterocycles. The number of sulfonamides is 1. The van der Waals surface area contributed by atoms with Crippen LogP contribution in [0.5, 0.6) is 0 Å². The molecule has 10 nitrogen and oxygen atoms in total. The summed E-state index contributed by atoms with van der Waals surface area (Å²) in [5, 5.41) is 6.52. The van der Waals surface area contributed by atoms with Crippen LogP contribution < -0.4 is 19.8 Å².